The van der Waals surface area contributed by atoms with Gasteiger partial charge in [-0.15, -0.1) is 0 Å². The summed E-state index contributed by atoms with van der Waals surface area (Å²) in [5.41, 5.74) is 0.530. The van der Waals surface area contributed by atoms with Gasteiger partial charge in [0.1, 0.15) is 0 Å². The Morgan fingerprint density at radius 1 is 0.963 bits per heavy atom. The van der Waals surface area contributed by atoms with Crippen LogP contribution in [0.3, 0.4) is 0 Å². The lowest BCUT2D eigenvalue weighted by Gasteiger charge is -2.33. The minimum Gasteiger partial charge on any atom is -0.325 e. The fourth-order valence-corrected chi connectivity index (χ4v) is 4.87. The quantitative estimate of drug-likeness (QED) is 0.795. The van der Waals surface area contributed by atoms with Gasteiger partial charge in [0, 0.05) is 41.9 Å². The van der Waals surface area contributed by atoms with Crippen LogP contribution in [0.1, 0.15) is 0 Å². The van der Waals surface area contributed by atoms with Crippen molar-refractivity contribution in [2.24, 2.45) is 0 Å². The molecule has 1 heterocycles. The highest BCUT2D eigenvalue weighted by atomic mass is 35.5. The molecule has 1 N–H and O–H groups in total. The van der Waals surface area contributed by atoms with Gasteiger partial charge in [-0.2, -0.15) is 4.31 Å². The maximum atomic E-state index is 12.6. The molecular formula is C18H19Cl2N3O3S. The van der Waals surface area contributed by atoms with Crippen LogP contribution < -0.4 is 5.32 Å². The van der Waals surface area contributed by atoms with E-state index in [0.29, 0.717) is 41.9 Å². The third kappa shape index (κ3) is 5.21. The van der Waals surface area contributed by atoms with Gasteiger partial charge in [-0.25, -0.2) is 8.42 Å². The Hall–Kier alpha value is -1.64. The second-order valence-electron chi connectivity index (χ2n) is 6.20. The van der Waals surface area contributed by atoms with Gasteiger partial charge >= 0.3 is 0 Å². The van der Waals surface area contributed by atoms with E-state index in [1.807, 2.05) is 4.90 Å². The molecular weight excluding hydrogens is 409 g/mol. The lowest BCUT2D eigenvalue weighted by atomic mass is 10.3. The maximum Gasteiger partial charge on any atom is 0.243 e. The van der Waals surface area contributed by atoms with Gasteiger partial charge in [-0.05, 0) is 30.3 Å². The molecule has 0 saturated carbocycles. The molecule has 3 rings (SSSR count). The average Bonchev–Trinajstić information content (AvgIpc) is 2.62. The molecule has 2 aromatic rings. The van der Waals surface area contributed by atoms with Crippen LogP contribution >= 0.6 is 23.2 Å². The van der Waals surface area contributed by atoms with Crippen LogP contribution in [0.15, 0.2) is 53.4 Å². The molecule has 0 radical (unpaired) electrons. The number of hydrogen-bond acceptors (Lipinski definition) is 4. The lowest BCUT2D eigenvalue weighted by molar-refractivity contribution is -0.117. The van der Waals surface area contributed by atoms with Crippen molar-refractivity contribution >= 4 is 44.8 Å². The van der Waals surface area contributed by atoms with Gasteiger partial charge < -0.3 is 5.32 Å². The number of nitrogens with zero attached hydrogens (tertiary/aromatic N) is 2. The number of amides is 1. The number of sulfonamides is 1. The summed E-state index contributed by atoms with van der Waals surface area (Å²) in [5.74, 6) is -0.201. The number of benzene rings is 2. The SMILES string of the molecule is O=C(CN1CCN(S(=O)(=O)c2ccccc2)CC1)Nc1cc(Cl)cc(Cl)c1. The van der Waals surface area contributed by atoms with E-state index in [9.17, 15) is 13.2 Å². The zero-order valence-electron chi connectivity index (χ0n) is 14.4. The Labute approximate surface area is 168 Å². The van der Waals surface area contributed by atoms with Crippen LogP contribution in [0.4, 0.5) is 5.69 Å². The number of halogens is 2. The predicted octanol–water partition coefficient (Wildman–Crippen LogP) is 2.94. The van der Waals surface area contributed by atoms with Crippen molar-refractivity contribution < 1.29 is 13.2 Å². The van der Waals surface area contributed by atoms with E-state index in [1.165, 1.54) is 4.31 Å². The lowest BCUT2D eigenvalue weighted by Crippen LogP contribution is -2.50. The summed E-state index contributed by atoms with van der Waals surface area (Å²) < 4.78 is 26.7. The summed E-state index contributed by atoms with van der Waals surface area (Å²) in [7, 11) is -3.50. The van der Waals surface area contributed by atoms with E-state index in [2.05, 4.69) is 5.32 Å². The minimum atomic E-state index is -3.50. The van der Waals surface area contributed by atoms with E-state index in [4.69, 9.17) is 23.2 Å². The van der Waals surface area contributed by atoms with E-state index >= 15 is 0 Å². The number of carbonyl (C=O) groups is 1. The Kier molecular flexibility index (Phi) is 6.39. The number of nitrogens with one attached hydrogen (secondary N) is 1. The fourth-order valence-electron chi connectivity index (χ4n) is 2.90. The summed E-state index contributed by atoms with van der Waals surface area (Å²) >= 11 is 11.9. The van der Waals surface area contributed by atoms with E-state index in [0.717, 1.165) is 0 Å². The van der Waals surface area contributed by atoms with Crippen molar-refractivity contribution in [1.82, 2.24) is 9.21 Å². The Morgan fingerprint density at radius 3 is 2.15 bits per heavy atom. The van der Waals surface area contributed by atoms with Gasteiger partial charge in [0.05, 0.1) is 11.4 Å². The first kappa shape index (κ1) is 20.1. The van der Waals surface area contributed by atoms with Crippen molar-refractivity contribution in [3.63, 3.8) is 0 Å². The molecule has 0 atom stereocenters. The number of piperazine rings is 1. The molecule has 144 valence electrons. The number of rotatable bonds is 5. The average molecular weight is 428 g/mol. The standard InChI is InChI=1S/C18H19Cl2N3O3S/c19-14-10-15(20)12-16(11-14)21-18(24)13-22-6-8-23(9-7-22)27(25,26)17-4-2-1-3-5-17/h1-5,10-12H,6-9,13H2,(H,21,24). The molecule has 1 fully saturated rings. The largest absolute Gasteiger partial charge is 0.325 e. The van der Waals surface area contributed by atoms with Crippen molar-refractivity contribution in [1.29, 1.82) is 0 Å². The topological polar surface area (TPSA) is 69.7 Å². The zero-order chi connectivity index (χ0) is 19.4. The molecule has 0 aromatic heterocycles. The number of hydrogen-bond donors (Lipinski definition) is 1. The third-order valence-corrected chi connectivity index (χ3v) is 6.58. The first-order valence-electron chi connectivity index (χ1n) is 8.38. The van der Waals surface area contributed by atoms with Crippen molar-refractivity contribution in [3.8, 4) is 0 Å². The Bertz CT molecular complexity index is 894. The Morgan fingerprint density at radius 2 is 1.56 bits per heavy atom. The van der Waals surface area contributed by atoms with Gasteiger partial charge in [0.25, 0.3) is 0 Å². The molecule has 0 aliphatic carbocycles. The van der Waals surface area contributed by atoms with E-state index < -0.39 is 10.0 Å². The molecule has 1 saturated heterocycles. The summed E-state index contributed by atoms with van der Waals surface area (Å²) in [6, 6.07) is 13.2. The second-order valence-corrected chi connectivity index (χ2v) is 9.01. The molecule has 1 aliphatic heterocycles. The molecule has 0 unspecified atom stereocenters. The summed E-state index contributed by atoms with van der Waals surface area (Å²) in [4.78, 5) is 14.4. The van der Waals surface area contributed by atoms with Crippen molar-refractivity contribution in [2.75, 3.05) is 38.0 Å². The van der Waals surface area contributed by atoms with Crippen LogP contribution in [0, 0.1) is 0 Å². The highest BCUT2D eigenvalue weighted by Gasteiger charge is 2.28. The minimum absolute atomic E-state index is 0.170. The number of carbonyl (C=O) groups excluding carboxylic acids is 1. The van der Waals surface area contributed by atoms with Gasteiger partial charge in [0.15, 0.2) is 0 Å². The van der Waals surface area contributed by atoms with E-state index in [1.54, 1.807) is 48.5 Å². The van der Waals surface area contributed by atoms with Crippen LogP contribution in [-0.2, 0) is 14.8 Å². The summed E-state index contributed by atoms with van der Waals surface area (Å²) in [5, 5.41) is 3.64. The summed E-state index contributed by atoms with van der Waals surface area (Å²) in [6.07, 6.45) is 0. The molecule has 6 nitrogen and oxygen atoms in total. The second kappa shape index (κ2) is 8.58. The fraction of sp³-hybridized carbons (Fsp3) is 0.278. The van der Waals surface area contributed by atoms with Crippen LogP contribution in [-0.4, -0.2) is 56.3 Å². The molecule has 27 heavy (non-hydrogen) atoms. The molecule has 1 aliphatic rings. The first-order valence-corrected chi connectivity index (χ1v) is 10.6. The van der Waals surface area contributed by atoms with Gasteiger partial charge in [0.2, 0.25) is 15.9 Å². The van der Waals surface area contributed by atoms with Gasteiger partial charge in [-0.3, -0.25) is 9.69 Å². The molecule has 0 bridgehead atoms. The monoisotopic (exact) mass is 427 g/mol. The molecule has 1 amide bonds. The summed E-state index contributed by atoms with van der Waals surface area (Å²) in [6.45, 7) is 1.82. The molecule has 9 heteroatoms. The zero-order valence-corrected chi connectivity index (χ0v) is 16.8. The van der Waals surface area contributed by atoms with Crippen LogP contribution in [0.2, 0.25) is 10.0 Å². The van der Waals surface area contributed by atoms with Crippen LogP contribution in [0.25, 0.3) is 0 Å². The normalized spacial score (nSPS) is 16.2. The number of anilines is 1. The van der Waals surface area contributed by atoms with Crippen molar-refractivity contribution in [2.45, 2.75) is 4.90 Å². The maximum absolute atomic E-state index is 12.6. The van der Waals surface area contributed by atoms with Gasteiger partial charge in [-0.1, -0.05) is 41.4 Å². The smallest absolute Gasteiger partial charge is 0.243 e. The third-order valence-electron chi connectivity index (χ3n) is 4.23. The first-order chi connectivity index (χ1) is 12.8. The van der Waals surface area contributed by atoms with Crippen molar-refractivity contribution in [3.05, 3.63) is 58.6 Å². The van der Waals surface area contributed by atoms with E-state index in [-0.39, 0.29) is 17.3 Å². The highest BCUT2D eigenvalue weighted by Crippen LogP contribution is 2.22. The van der Waals surface area contributed by atoms with Crippen LogP contribution in [0.5, 0.6) is 0 Å². The molecule has 0 spiro atoms. The highest BCUT2D eigenvalue weighted by molar-refractivity contribution is 7.89. The predicted molar refractivity (Wildman–Crippen MR) is 107 cm³/mol. The Balaban J connectivity index is 1.54. The molecule has 2 aromatic carbocycles.